The van der Waals surface area contributed by atoms with Gasteiger partial charge < -0.3 is 9.26 Å². The van der Waals surface area contributed by atoms with E-state index in [9.17, 15) is 18.0 Å². The first kappa shape index (κ1) is 17.6. The summed E-state index contributed by atoms with van der Waals surface area (Å²) in [5, 5.41) is 7.43. The van der Waals surface area contributed by atoms with Crippen molar-refractivity contribution in [1.29, 1.82) is 0 Å². The fourth-order valence-corrected chi connectivity index (χ4v) is 2.22. The van der Waals surface area contributed by atoms with Crippen LogP contribution in [0.3, 0.4) is 0 Å². The van der Waals surface area contributed by atoms with Crippen LogP contribution in [0.5, 0.6) is 0 Å². The van der Waals surface area contributed by atoms with Crippen molar-refractivity contribution in [3.8, 4) is 11.4 Å². The van der Waals surface area contributed by atoms with E-state index in [-0.39, 0.29) is 12.4 Å². The fraction of sp³-hybridized carbons (Fsp3) is 0.250. The van der Waals surface area contributed by atoms with E-state index in [2.05, 4.69) is 19.8 Å². The van der Waals surface area contributed by atoms with Crippen LogP contribution >= 0.6 is 0 Å². The molecule has 0 aliphatic heterocycles. The predicted molar refractivity (Wildman–Crippen MR) is 82.0 cm³/mol. The lowest BCUT2D eigenvalue weighted by Crippen LogP contribution is -2.05. The first-order chi connectivity index (χ1) is 12.4. The zero-order valence-electron chi connectivity index (χ0n) is 13.5. The molecule has 0 aliphatic carbocycles. The minimum Gasteiger partial charge on any atom is -0.462 e. The topological polar surface area (TPSA) is 83.0 Å². The molecule has 3 rings (SSSR count). The van der Waals surface area contributed by atoms with E-state index < -0.39 is 18.0 Å². The summed E-state index contributed by atoms with van der Waals surface area (Å²) >= 11 is 0. The molecule has 3 aromatic rings. The van der Waals surface area contributed by atoms with Crippen LogP contribution in [-0.2, 0) is 17.5 Å². The van der Waals surface area contributed by atoms with E-state index in [0.29, 0.717) is 17.7 Å². The number of hydrogen-bond donors (Lipinski definition) is 0. The lowest BCUT2D eigenvalue weighted by atomic mass is 10.1. The molecule has 2 heterocycles. The van der Waals surface area contributed by atoms with Gasteiger partial charge in [0, 0.05) is 11.8 Å². The number of nitrogens with zero attached hydrogens (tertiary/aromatic N) is 4. The van der Waals surface area contributed by atoms with Crippen molar-refractivity contribution in [2.45, 2.75) is 19.6 Å². The Labute approximate surface area is 145 Å². The first-order valence-electron chi connectivity index (χ1n) is 7.56. The van der Waals surface area contributed by atoms with Gasteiger partial charge in [0.1, 0.15) is 0 Å². The normalized spacial score (nSPS) is 11.5. The number of ether oxygens (including phenoxy) is 1. The van der Waals surface area contributed by atoms with E-state index in [4.69, 9.17) is 4.74 Å². The molecule has 0 N–H and O–H groups in total. The van der Waals surface area contributed by atoms with Crippen LogP contribution < -0.4 is 0 Å². The molecule has 0 fully saturated rings. The number of hydrogen-bond acceptors (Lipinski definition) is 6. The summed E-state index contributed by atoms with van der Waals surface area (Å²) in [7, 11) is 0. The van der Waals surface area contributed by atoms with Crippen LogP contribution in [-0.4, -0.2) is 32.5 Å². The van der Waals surface area contributed by atoms with Gasteiger partial charge in [-0.2, -0.15) is 23.3 Å². The summed E-state index contributed by atoms with van der Waals surface area (Å²) in [5.41, 5.74) is 1.43. The van der Waals surface area contributed by atoms with Gasteiger partial charge in [0.2, 0.25) is 5.82 Å². The molecule has 0 amide bonds. The third-order valence-corrected chi connectivity index (χ3v) is 3.34. The number of halogens is 3. The van der Waals surface area contributed by atoms with Crippen molar-refractivity contribution in [1.82, 2.24) is 19.9 Å². The van der Waals surface area contributed by atoms with Gasteiger partial charge in [-0.1, -0.05) is 23.4 Å². The van der Waals surface area contributed by atoms with Gasteiger partial charge in [0.15, 0.2) is 0 Å². The molecule has 26 heavy (non-hydrogen) atoms. The Kier molecular flexibility index (Phi) is 4.74. The molecular weight excluding hydrogens is 353 g/mol. The smallest absolute Gasteiger partial charge is 0.462 e. The molecule has 7 nitrogen and oxygen atoms in total. The number of rotatable bonds is 5. The lowest BCUT2D eigenvalue weighted by Gasteiger charge is -2.03. The maximum absolute atomic E-state index is 12.6. The summed E-state index contributed by atoms with van der Waals surface area (Å²) in [6, 6.07) is 6.61. The highest BCUT2D eigenvalue weighted by Crippen LogP contribution is 2.29. The first-order valence-corrected chi connectivity index (χ1v) is 7.56. The van der Waals surface area contributed by atoms with Gasteiger partial charge in [-0.15, -0.1) is 0 Å². The average Bonchev–Trinajstić information content (AvgIpc) is 3.24. The molecule has 136 valence electrons. The van der Waals surface area contributed by atoms with Gasteiger partial charge in [-0.25, -0.2) is 4.79 Å². The molecule has 0 spiro atoms. The molecule has 0 aliphatic rings. The highest BCUT2D eigenvalue weighted by molar-refractivity contribution is 5.88. The number of benzene rings is 1. The van der Waals surface area contributed by atoms with Crippen molar-refractivity contribution in [2.24, 2.45) is 0 Å². The highest BCUT2D eigenvalue weighted by atomic mass is 19.4. The molecule has 0 saturated carbocycles. The number of carbonyl (C=O) groups is 1. The summed E-state index contributed by atoms with van der Waals surface area (Å²) in [6.45, 7) is 2.27. The number of esters is 1. The number of carbonyl (C=O) groups excluding carboxylic acids is 1. The molecule has 0 unspecified atom stereocenters. The second-order valence-electron chi connectivity index (χ2n) is 5.27. The van der Waals surface area contributed by atoms with Gasteiger partial charge in [0.25, 0.3) is 0 Å². The molecule has 1 aromatic carbocycles. The second kappa shape index (κ2) is 6.98. The standard InChI is InChI=1S/C16H13F3N4O3/c1-2-25-14(24)12-7-20-23(9-12)8-10-4-3-5-11(6-10)13-21-15(26-22-13)16(17,18)19/h3-7,9H,2,8H2,1H3. The summed E-state index contributed by atoms with van der Waals surface area (Å²) < 4.78 is 48.3. The molecule has 2 aromatic heterocycles. The minimum atomic E-state index is -4.69. The largest absolute Gasteiger partial charge is 0.471 e. The maximum atomic E-state index is 12.6. The Bertz CT molecular complexity index is 917. The summed E-state index contributed by atoms with van der Waals surface area (Å²) in [6.07, 6.45) is -1.78. The fourth-order valence-electron chi connectivity index (χ4n) is 2.22. The molecular formula is C16H13F3N4O3. The van der Waals surface area contributed by atoms with Crippen molar-refractivity contribution in [2.75, 3.05) is 6.61 Å². The van der Waals surface area contributed by atoms with Gasteiger partial charge in [-0.3, -0.25) is 4.68 Å². The molecule has 10 heteroatoms. The maximum Gasteiger partial charge on any atom is 0.471 e. The van der Waals surface area contributed by atoms with Crippen molar-refractivity contribution < 1.29 is 27.2 Å². The Morgan fingerprint density at radius 1 is 1.35 bits per heavy atom. The number of aromatic nitrogens is 4. The van der Waals surface area contributed by atoms with Gasteiger partial charge in [0.05, 0.1) is 24.9 Å². The van der Waals surface area contributed by atoms with Crippen molar-refractivity contribution in [3.63, 3.8) is 0 Å². The summed E-state index contributed by atoms with van der Waals surface area (Å²) in [5.74, 6) is -2.03. The molecule has 0 saturated heterocycles. The van der Waals surface area contributed by atoms with E-state index in [1.807, 2.05) is 0 Å². The minimum absolute atomic E-state index is 0.160. The Morgan fingerprint density at radius 2 is 2.15 bits per heavy atom. The van der Waals surface area contributed by atoms with Crippen LogP contribution in [0.4, 0.5) is 13.2 Å². The van der Waals surface area contributed by atoms with Crippen LogP contribution in [0.15, 0.2) is 41.2 Å². The zero-order chi connectivity index (χ0) is 18.7. The van der Waals surface area contributed by atoms with Crippen molar-refractivity contribution >= 4 is 5.97 Å². The lowest BCUT2D eigenvalue weighted by molar-refractivity contribution is -0.159. The number of alkyl halides is 3. The zero-order valence-corrected chi connectivity index (χ0v) is 13.5. The molecule has 0 radical (unpaired) electrons. The van der Waals surface area contributed by atoms with Gasteiger partial charge in [-0.05, 0) is 18.6 Å². The van der Waals surface area contributed by atoms with E-state index >= 15 is 0 Å². The quantitative estimate of drug-likeness (QED) is 0.645. The molecule has 0 bridgehead atoms. The SMILES string of the molecule is CCOC(=O)c1cnn(Cc2cccc(-c3noc(C(F)(F)F)n3)c2)c1. The predicted octanol–water partition coefficient (Wildman–Crippen LogP) is 3.18. The monoisotopic (exact) mass is 366 g/mol. The highest BCUT2D eigenvalue weighted by Gasteiger charge is 2.38. The van der Waals surface area contributed by atoms with Crippen LogP contribution in [0, 0.1) is 0 Å². The average molecular weight is 366 g/mol. The van der Waals surface area contributed by atoms with E-state index in [1.54, 1.807) is 31.2 Å². The van der Waals surface area contributed by atoms with Crippen LogP contribution in [0.2, 0.25) is 0 Å². The third-order valence-electron chi connectivity index (χ3n) is 3.34. The summed E-state index contributed by atoms with van der Waals surface area (Å²) in [4.78, 5) is 15.0. The Morgan fingerprint density at radius 3 is 2.85 bits per heavy atom. The third kappa shape index (κ3) is 3.90. The van der Waals surface area contributed by atoms with Crippen LogP contribution in [0.25, 0.3) is 11.4 Å². The van der Waals surface area contributed by atoms with E-state index in [0.717, 1.165) is 5.56 Å². The molecule has 0 atom stereocenters. The van der Waals surface area contributed by atoms with Crippen molar-refractivity contribution in [3.05, 3.63) is 53.7 Å². The van der Waals surface area contributed by atoms with E-state index in [1.165, 1.54) is 17.1 Å². The Balaban J connectivity index is 1.78. The van der Waals surface area contributed by atoms with Crippen LogP contribution in [0.1, 0.15) is 28.7 Å². The van der Waals surface area contributed by atoms with Gasteiger partial charge >= 0.3 is 18.0 Å². The Hall–Kier alpha value is -3.17. The second-order valence-corrected chi connectivity index (χ2v) is 5.27.